The molecule has 0 spiro atoms. The summed E-state index contributed by atoms with van der Waals surface area (Å²) in [5.41, 5.74) is 4.18. The van der Waals surface area contributed by atoms with E-state index in [1.165, 1.54) is 29.5 Å². The third-order valence-electron chi connectivity index (χ3n) is 3.39. The Kier molecular flexibility index (Phi) is 3.49. The van der Waals surface area contributed by atoms with Gasteiger partial charge < -0.3 is 10.1 Å². The van der Waals surface area contributed by atoms with E-state index in [2.05, 4.69) is 31.3 Å². The number of hydrogen-bond donors (Lipinski definition) is 1. The molecule has 0 radical (unpaired) electrons. The van der Waals surface area contributed by atoms with Crippen LogP contribution in [0.1, 0.15) is 42.5 Å². The molecule has 1 atom stereocenters. The van der Waals surface area contributed by atoms with Crippen LogP contribution >= 0.6 is 0 Å². The second kappa shape index (κ2) is 4.88. The Balaban J connectivity index is 2.38. The first-order chi connectivity index (χ1) is 7.76. The van der Waals surface area contributed by atoms with Crippen molar-refractivity contribution in [1.29, 1.82) is 0 Å². The minimum absolute atomic E-state index is 0.517. The van der Waals surface area contributed by atoms with Gasteiger partial charge in [0, 0.05) is 6.04 Å². The van der Waals surface area contributed by atoms with Crippen molar-refractivity contribution < 1.29 is 4.74 Å². The molecule has 1 heterocycles. The molecule has 1 aliphatic rings. The van der Waals surface area contributed by atoms with Crippen molar-refractivity contribution in [2.24, 2.45) is 0 Å². The second-order valence-electron chi connectivity index (χ2n) is 4.57. The van der Waals surface area contributed by atoms with Crippen molar-refractivity contribution in [3.63, 3.8) is 0 Å². The van der Waals surface area contributed by atoms with Crippen LogP contribution in [0.5, 0.6) is 5.75 Å². The van der Waals surface area contributed by atoms with Gasteiger partial charge >= 0.3 is 0 Å². The molecule has 2 nitrogen and oxygen atoms in total. The van der Waals surface area contributed by atoms with Crippen LogP contribution in [0.15, 0.2) is 12.1 Å². The average Bonchev–Trinajstić information content (AvgIpc) is 2.29. The van der Waals surface area contributed by atoms with Gasteiger partial charge in [-0.2, -0.15) is 0 Å². The molecule has 2 rings (SSSR count). The van der Waals surface area contributed by atoms with Gasteiger partial charge in [0.05, 0.1) is 7.11 Å². The fourth-order valence-corrected chi connectivity index (χ4v) is 2.56. The van der Waals surface area contributed by atoms with E-state index in [0.29, 0.717) is 6.04 Å². The number of rotatable bonds is 3. The largest absolute Gasteiger partial charge is 0.496 e. The summed E-state index contributed by atoms with van der Waals surface area (Å²) in [6.07, 6.45) is 3.56. The summed E-state index contributed by atoms with van der Waals surface area (Å²) in [5.74, 6) is 1.02. The van der Waals surface area contributed by atoms with E-state index >= 15 is 0 Å². The second-order valence-corrected chi connectivity index (χ2v) is 4.57. The summed E-state index contributed by atoms with van der Waals surface area (Å²) in [5, 5.41) is 3.59. The number of aryl methyl sites for hydroxylation is 1. The van der Waals surface area contributed by atoms with E-state index in [-0.39, 0.29) is 0 Å². The Labute approximate surface area is 98.0 Å². The smallest absolute Gasteiger partial charge is 0.122 e. The first-order valence-corrected chi connectivity index (χ1v) is 6.17. The Morgan fingerprint density at radius 1 is 1.44 bits per heavy atom. The van der Waals surface area contributed by atoms with Gasteiger partial charge in [0.15, 0.2) is 0 Å². The number of benzene rings is 1. The summed E-state index contributed by atoms with van der Waals surface area (Å²) in [6, 6.07) is 5.03. The van der Waals surface area contributed by atoms with E-state index in [0.717, 1.165) is 18.7 Å². The van der Waals surface area contributed by atoms with Crippen molar-refractivity contribution in [2.45, 2.75) is 39.2 Å². The van der Waals surface area contributed by atoms with Gasteiger partial charge in [-0.1, -0.05) is 19.4 Å². The topological polar surface area (TPSA) is 21.3 Å². The molecule has 0 aliphatic carbocycles. The zero-order chi connectivity index (χ0) is 11.5. The predicted octanol–water partition coefficient (Wildman–Crippen LogP) is 2.99. The lowest BCUT2D eigenvalue weighted by Crippen LogP contribution is -2.29. The highest BCUT2D eigenvalue weighted by atomic mass is 16.5. The fourth-order valence-electron chi connectivity index (χ4n) is 2.56. The highest BCUT2D eigenvalue weighted by molar-refractivity contribution is 5.44. The van der Waals surface area contributed by atoms with Gasteiger partial charge in [0.1, 0.15) is 5.75 Å². The third-order valence-corrected chi connectivity index (χ3v) is 3.39. The molecule has 0 aromatic heterocycles. The van der Waals surface area contributed by atoms with Gasteiger partial charge in [0.2, 0.25) is 0 Å². The lowest BCUT2D eigenvalue weighted by molar-refractivity contribution is 0.406. The monoisotopic (exact) mass is 219 g/mol. The van der Waals surface area contributed by atoms with E-state index < -0.39 is 0 Å². The summed E-state index contributed by atoms with van der Waals surface area (Å²) in [4.78, 5) is 0. The number of methoxy groups -OCH3 is 1. The molecule has 0 bridgehead atoms. The molecular formula is C14H21NO. The summed E-state index contributed by atoms with van der Waals surface area (Å²) in [7, 11) is 1.75. The maximum absolute atomic E-state index is 5.41. The summed E-state index contributed by atoms with van der Waals surface area (Å²) >= 11 is 0. The molecule has 0 saturated heterocycles. The molecule has 1 aromatic rings. The van der Waals surface area contributed by atoms with Crippen LogP contribution in [0, 0.1) is 6.92 Å². The number of ether oxygens (including phenoxy) is 1. The van der Waals surface area contributed by atoms with Crippen molar-refractivity contribution in [2.75, 3.05) is 13.7 Å². The lowest BCUT2D eigenvalue weighted by Gasteiger charge is -2.27. The molecule has 0 saturated carbocycles. The van der Waals surface area contributed by atoms with Crippen LogP contribution in [-0.4, -0.2) is 13.7 Å². The zero-order valence-electron chi connectivity index (χ0n) is 10.5. The highest BCUT2D eigenvalue weighted by Gasteiger charge is 2.20. The van der Waals surface area contributed by atoms with Crippen LogP contribution < -0.4 is 10.1 Å². The molecule has 0 amide bonds. The molecule has 0 fully saturated rings. The standard InChI is InChI=1S/C14H21NO/c1-4-5-13-12-9-14(16-3)10(2)8-11(12)6-7-15-13/h8-9,13,15H,4-7H2,1-3H3. The summed E-state index contributed by atoms with van der Waals surface area (Å²) < 4.78 is 5.41. The first kappa shape index (κ1) is 11.5. The normalized spacial score (nSPS) is 19.3. The molecule has 1 aliphatic heterocycles. The van der Waals surface area contributed by atoms with Crippen LogP contribution in [-0.2, 0) is 6.42 Å². The van der Waals surface area contributed by atoms with Crippen LogP contribution in [0.25, 0.3) is 0 Å². The maximum atomic E-state index is 5.41. The van der Waals surface area contributed by atoms with Gasteiger partial charge in [0.25, 0.3) is 0 Å². The minimum atomic E-state index is 0.517. The Hall–Kier alpha value is -1.02. The van der Waals surface area contributed by atoms with E-state index in [1.54, 1.807) is 7.11 Å². The first-order valence-electron chi connectivity index (χ1n) is 6.17. The van der Waals surface area contributed by atoms with Gasteiger partial charge in [-0.15, -0.1) is 0 Å². The van der Waals surface area contributed by atoms with Gasteiger partial charge in [-0.25, -0.2) is 0 Å². The van der Waals surface area contributed by atoms with Crippen LogP contribution in [0.4, 0.5) is 0 Å². The molecule has 1 N–H and O–H groups in total. The van der Waals surface area contributed by atoms with Crippen molar-refractivity contribution >= 4 is 0 Å². The Bertz CT molecular complexity index is 373. The predicted molar refractivity (Wildman–Crippen MR) is 67.1 cm³/mol. The minimum Gasteiger partial charge on any atom is -0.496 e. The summed E-state index contributed by atoms with van der Waals surface area (Å²) in [6.45, 7) is 5.46. The SMILES string of the molecule is CCCC1NCCc2cc(C)c(OC)cc21. The highest BCUT2D eigenvalue weighted by Crippen LogP contribution is 2.31. The van der Waals surface area contributed by atoms with E-state index in [1.807, 2.05) is 0 Å². The molecule has 1 aromatic carbocycles. The Morgan fingerprint density at radius 2 is 2.25 bits per heavy atom. The lowest BCUT2D eigenvalue weighted by atomic mass is 9.90. The quantitative estimate of drug-likeness (QED) is 0.844. The molecule has 16 heavy (non-hydrogen) atoms. The van der Waals surface area contributed by atoms with E-state index in [9.17, 15) is 0 Å². The Morgan fingerprint density at radius 3 is 2.94 bits per heavy atom. The molecule has 1 unspecified atom stereocenters. The van der Waals surface area contributed by atoms with Crippen LogP contribution in [0.2, 0.25) is 0 Å². The van der Waals surface area contributed by atoms with Gasteiger partial charge in [-0.3, -0.25) is 0 Å². The number of hydrogen-bond acceptors (Lipinski definition) is 2. The molecule has 88 valence electrons. The van der Waals surface area contributed by atoms with Crippen LogP contribution in [0.3, 0.4) is 0 Å². The zero-order valence-corrected chi connectivity index (χ0v) is 10.5. The number of fused-ring (bicyclic) bond motifs is 1. The maximum Gasteiger partial charge on any atom is 0.122 e. The van der Waals surface area contributed by atoms with E-state index in [4.69, 9.17) is 4.74 Å². The molecular weight excluding hydrogens is 198 g/mol. The number of nitrogens with one attached hydrogen (secondary N) is 1. The van der Waals surface area contributed by atoms with Crippen molar-refractivity contribution in [3.05, 3.63) is 28.8 Å². The average molecular weight is 219 g/mol. The van der Waals surface area contributed by atoms with Crippen molar-refractivity contribution in [1.82, 2.24) is 5.32 Å². The van der Waals surface area contributed by atoms with Crippen molar-refractivity contribution in [3.8, 4) is 5.75 Å². The third kappa shape index (κ3) is 2.07. The molecule has 2 heteroatoms. The fraction of sp³-hybridized carbons (Fsp3) is 0.571. The van der Waals surface area contributed by atoms with Gasteiger partial charge in [-0.05, 0) is 49.1 Å².